The Morgan fingerprint density at radius 3 is 2.74 bits per heavy atom. The number of benzene rings is 2. The minimum absolute atomic E-state index is 0.0350. The highest BCUT2D eigenvalue weighted by Crippen LogP contribution is 2.26. The quantitative estimate of drug-likeness (QED) is 0.308. The second-order valence-corrected chi connectivity index (χ2v) is 8.94. The molecule has 6 nitrogen and oxygen atoms in total. The van der Waals surface area contributed by atoms with Crippen molar-refractivity contribution in [3.8, 4) is 0 Å². The Bertz CT molecular complexity index is 1410. The van der Waals surface area contributed by atoms with E-state index >= 15 is 0 Å². The minimum atomic E-state index is -0.330. The highest BCUT2D eigenvalue weighted by atomic mass is 35.5. The van der Waals surface area contributed by atoms with Crippen LogP contribution in [0.4, 0.5) is 3.89 Å². The van der Waals surface area contributed by atoms with Crippen LogP contribution in [0, 0.1) is 0 Å². The van der Waals surface area contributed by atoms with E-state index in [2.05, 4.69) is 15.3 Å². The zero-order valence-electron chi connectivity index (χ0n) is 18.1. The number of allylic oxidation sites excluding steroid dienone is 1. The Hall–Kier alpha value is -3.36. The molecule has 4 aromatic rings. The fraction of sp³-hybridized carbons (Fsp3) is 0.160. The maximum absolute atomic E-state index is 13.7. The lowest BCUT2D eigenvalue weighted by atomic mass is 10.1. The van der Waals surface area contributed by atoms with Gasteiger partial charge in [-0.2, -0.15) is 0 Å². The van der Waals surface area contributed by atoms with Crippen LogP contribution in [-0.2, 0) is 13.1 Å². The van der Waals surface area contributed by atoms with E-state index < -0.39 is 0 Å². The number of rotatable bonds is 8. The molecule has 2 aromatic heterocycles. The number of aromatic nitrogens is 3. The van der Waals surface area contributed by atoms with Gasteiger partial charge in [0.25, 0.3) is 0 Å². The van der Waals surface area contributed by atoms with E-state index in [0.29, 0.717) is 29.4 Å². The summed E-state index contributed by atoms with van der Waals surface area (Å²) in [6.45, 7) is 0.956. The van der Waals surface area contributed by atoms with Gasteiger partial charge < -0.3 is 9.88 Å². The molecule has 1 aliphatic rings. The lowest BCUT2D eigenvalue weighted by Crippen LogP contribution is -2.14. The molecule has 172 valence electrons. The van der Waals surface area contributed by atoms with Crippen molar-refractivity contribution in [2.75, 3.05) is 0 Å². The van der Waals surface area contributed by atoms with Crippen LogP contribution in [-0.4, -0.2) is 25.5 Å². The molecule has 1 N–H and O–H groups in total. The smallest absolute Gasteiger partial charge is 0.231 e. The highest BCUT2D eigenvalue weighted by molar-refractivity contribution is 7.92. The van der Waals surface area contributed by atoms with Crippen LogP contribution >= 0.6 is 23.9 Å². The number of hydrogen-bond donors (Lipinski definition) is 1. The largest absolute Gasteiger partial charge is 0.381 e. The Kier molecular flexibility index (Phi) is 6.51. The standard InChI is InChI=1S/C25H21ClFN5OS/c26-18-9-7-17(8-10-18)14-31-16-22(21-5-1-2-6-23(21)31)24(33)25-30-20(15-32(25)34-27)13-29-19-4-3-11-28-12-19/h1-2,5-12,15-16,29H,3-4,13-14H2. The zero-order valence-corrected chi connectivity index (χ0v) is 19.7. The fourth-order valence-electron chi connectivity index (χ4n) is 4.00. The van der Waals surface area contributed by atoms with Gasteiger partial charge in [0.15, 0.2) is 18.2 Å². The fourth-order valence-corrected chi connectivity index (χ4v) is 4.48. The number of carbonyl (C=O) groups is 1. The number of halogens is 2. The molecule has 0 fully saturated rings. The van der Waals surface area contributed by atoms with Crippen LogP contribution in [0.15, 0.2) is 77.8 Å². The average Bonchev–Trinajstić information content (AvgIpc) is 3.46. The van der Waals surface area contributed by atoms with E-state index in [1.807, 2.05) is 65.5 Å². The normalized spacial score (nSPS) is 13.3. The van der Waals surface area contributed by atoms with Crippen LogP contribution in [0.2, 0.25) is 5.02 Å². The van der Waals surface area contributed by atoms with Crippen molar-refractivity contribution in [2.45, 2.75) is 25.9 Å². The molecule has 0 saturated carbocycles. The number of nitrogens with one attached hydrogen (secondary N) is 1. The second-order valence-electron chi connectivity index (χ2n) is 7.97. The summed E-state index contributed by atoms with van der Waals surface area (Å²) in [5.41, 5.74) is 4.02. The monoisotopic (exact) mass is 493 g/mol. The molecular weight excluding hydrogens is 473 g/mol. The number of imidazole rings is 1. The maximum Gasteiger partial charge on any atom is 0.231 e. The number of para-hydroxylation sites is 1. The first-order valence-corrected chi connectivity index (χ1v) is 11.9. The van der Waals surface area contributed by atoms with Gasteiger partial charge in [-0.05, 0) is 36.6 Å². The topological polar surface area (TPSA) is 64.2 Å². The predicted molar refractivity (Wildman–Crippen MR) is 135 cm³/mol. The van der Waals surface area contributed by atoms with Crippen molar-refractivity contribution in [1.29, 1.82) is 0 Å². The first-order valence-electron chi connectivity index (χ1n) is 10.8. The van der Waals surface area contributed by atoms with Crippen LogP contribution < -0.4 is 5.32 Å². The summed E-state index contributed by atoms with van der Waals surface area (Å²) >= 11 is 5.98. The Morgan fingerprint density at radius 2 is 1.97 bits per heavy atom. The molecule has 1 aliphatic heterocycles. The molecule has 0 bridgehead atoms. The van der Waals surface area contributed by atoms with E-state index in [4.69, 9.17) is 11.6 Å². The summed E-state index contributed by atoms with van der Waals surface area (Å²) in [7, 11) is 0. The highest BCUT2D eigenvalue weighted by Gasteiger charge is 2.23. The SMILES string of the molecule is O=C(c1cn(Cc2ccc(Cl)cc2)c2ccccc12)c1nc(CNC2=CN=CCC2)cn1SF. The molecule has 5 rings (SSSR count). The average molecular weight is 494 g/mol. The molecule has 0 radical (unpaired) electrons. The number of nitrogens with zero attached hydrogens (tertiary/aromatic N) is 4. The molecule has 3 heterocycles. The summed E-state index contributed by atoms with van der Waals surface area (Å²) in [6, 6.07) is 15.3. The molecule has 34 heavy (non-hydrogen) atoms. The third-order valence-corrected chi connectivity index (χ3v) is 6.36. The van der Waals surface area contributed by atoms with Crippen molar-refractivity contribution >= 4 is 46.8 Å². The van der Waals surface area contributed by atoms with E-state index in [-0.39, 0.29) is 23.9 Å². The minimum Gasteiger partial charge on any atom is -0.381 e. The summed E-state index contributed by atoms with van der Waals surface area (Å²) < 4.78 is 16.9. The van der Waals surface area contributed by atoms with Crippen molar-refractivity contribution in [1.82, 2.24) is 18.8 Å². The first kappa shape index (κ1) is 22.4. The van der Waals surface area contributed by atoms with Gasteiger partial charge >= 0.3 is 0 Å². The number of hydrogen-bond acceptors (Lipinski definition) is 5. The van der Waals surface area contributed by atoms with Gasteiger partial charge in [-0.25, -0.2) is 8.96 Å². The molecule has 0 unspecified atom stereocenters. The van der Waals surface area contributed by atoms with Crippen LogP contribution in [0.25, 0.3) is 10.9 Å². The summed E-state index contributed by atoms with van der Waals surface area (Å²) in [6.07, 6.45) is 8.72. The molecule has 0 aliphatic carbocycles. The molecule has 2 aromatic carbocycles. The Balaban J connectivity index is 1.45. The van der Waals surface area contributed by atoms with Crippen LogP contribution in [0.3, 0.4) is 0 Å². The zero-order chi connectivity index (χ0) is 23.5. The van der Waals surface area contributed by atoms with Crippen molar-refractivity contribution in [3.63, 3.8) is 0 Å². The first-order chi connectivity index (χ1) is 16.6. The van der Waals surface area contributed by atoms with Crippen LogP contribution in [0.1, 0.15) is 40.3 Å². The van der Waals surface area contributed by atoms with Gasteiger partial charge in [0.05, 0.1) is 17.8 Å². The van der Waals surface area contributed by atoms with Crippen molar-refractivity contribution in [3.05, 3.63) is 100 Å². The molecule has 0 atom stereocenters. The van der Waals surface area contributed by atoms with Crippen LogP contribution in [0.5, 0.6) is 0 Å². The summed E-state index contributed by atoms with van der Waals surface area (Å²) in [5, 5.41) is 4.73. The van der Waals surface area contributed by atoms with Gasteiger partial charge in [-0.15, -0.1) is 3.89 Å². The van der Waals surface area contributed by atoms with Gasteiger partial charge in [-0.1, -0.05) is 41.9 Å². The lowest BCUT2D eigenvalue weighted by Gasteiger charge is -2.09. The second kappa shape index (κ2) is 9.87. The van der Waals surface area contributed by atoms with Gasteiger partial charge in [0.1, 0.15) is 0 Å². The number of aliphatic imine (C=N–C) groups is 1. The summed E-state index contributed by atoms with van der Waals surface area (Å²) in [4.78, 5) is 22.1. The van der Waals surface area contributed by atoms with E-state index in [0.717, 1.165) is 35.0 Å². The molecule has 0 saturated heterocycles. The predicted octanol–water partition coefficient (Wildman–Crippen LogP) is 5.95. The van der Waals surface area contributed by atoms with E-state index in [9.17, 15) is 8.68 Å². The Labute approximate surface area is 205 Å². The third-order valence-electron chi connectivity index (χ3n) is 5.68. The van der Waals surface area contributed by atoms with Crippen molar-refractivity contribution < 1.29 is 8.68 Å². The van der Waals surface area contributed by atoms with Gasteiger partial charge in [-0.3, -0.25) is 9.79 Å². The van der Waals surface area contributed by atoms with Gasteiger partial charge in [0, 0.05) is 53.0 Å². The molecule has 0 amide bonds. The number of carbonyl (C=O) groups excluding carboxylic acids is 1. The lowest BCUT2D eigenvalue weighted by molar-refractivity contribution is 0.103. The molecule has 0 spiro atoms. The van der Waals surface area contributed by atoms with E-state index in [1.54, 1.807) is 12.4 Å². The Morgan fingerprint density at radius 1 is 1.15 bits per heavy atom. The number of ketones is 1. The third kappa shape index (κ3) is 4.64. The summed E-state index contributed by atoms with van der Waals surface area (Å²) in [5.74, 6) is -0.279. The maximum atomic E-state index is 13.7. The number of fused-ring (bicyclic) bond motifs is 1. The molecular formula is C25H21ClFN5OS. The van der Waals surface area contributed by atoms with Crippen molar-refractivity contribution in [2.24, 2.45) is 4.99 Å². The van der Waals surface area contributed by atoms with Gasteiger partial charge in [0.2, 0.25) is 5.78 Å². The van der Waals surface area contributed by atoms with E-state index in [1.165, 1.54) is 3.97 Å². The molecule has 9 heteroatoms.